The highest BCUT2D eigenvalue weighted by Gasteiger charge is 2.10. The van der Waals surface area contributed by atoms with Crippen LogP contribution in [0.1, 0.15) is 10.4 Å². The number of carbonyl (C=O) groups is 1. The third-order valence-corrected chi connectivity index (χ3v) is 6.20. The number of rotatable bonds is 5. The number of carbonyl (C=O) groups excluding carboxylic acids is 1. The van der Waals surface area contributed by atoms with E-state index in [0.29, 0.717) is 5.56 Å². The van der Waals surface area contributed by atoms with Gasteiger partial charge in [0.1, 0.15) is 6.29 Å². The van der Waals surface area contributed by atoms with Crippen LogP contribution in [0.5, 0.6) is 0 Å². The molecular weight excluding hydrogens is 388 g/mol. The molecule has 0 aliphatic heterocycles. The first kappa shape index (κ1) is 18.5. The van der Waals surface area contributed by atoms with Crippen LogP contribution in [0, 0.1) is 0 Å². The Morgan fingerprint density at radius 2 is 1.67 bits per heavy atom. The van der Waals surface area contributed by atoms with Gasteiger partial charge in [-0.2, -0.15) is 0 Å². The zero-order valence-corrected chi connectivity index (χ0v) is 17.3. The van der Waals surface area contributed by atoms with Crippen molar-refractivity contribution < 1.29 is 4.79 Å². The molecule has 1 aromatic heterocycles. The van der Waals surface area contributed by atoms with E-state index in [1.807, 2.05) is 24.3 Å². The molecular formula is C26H20N2OS. The summed E-state index contributed by atoms with van der Waals surface area (Å²) in [6, 6.07) is 29.1. The summed E-state index contributed by atoms with van der Waals surface area (Å²) in [6.45, 7) is 0. The molecule has 146 valence electrons. The van der Waals surface area contributed by atoms with E-state index in [-0.39, 0.29) is 0 Å². The van der Waals surface area contributed by atoms with Crippen molar-refractivity contribution in [3.63, 3.8) is 0 Å². The van der Waals surface area contributed by atoms with Crippen molar-refractivity contribution in [1.82, 2.24) is 4.57 Å². The number of fused-ring (bicyclic) bond motifs is 2. The summed E-state index contributed by atoms with van der Waals surface area (Å²) >= 11 is 1.54. The molecule has 0 saturated heterocycles. The summed E-state index contributed by atoms with van der Waals surface area (Å²) in [5, 5.41) is 3.71. The van der Waals surface area contributed by atoms with Crippen LogP contribution in [0.15, 0.2) is 96.0 Å². The van der Waals surface area contributed by atoms with Gasteiger partial charge in [-0.3, -0.25) is 4.79 Å². The maximum atomic E-state index is 10.8. The van der Waals surface area contributed by atoms with Gasteiger partial charge in [-0.1, -0.05) is 48.5 Å². The number of hydrogen-bond donors (Lipinski definition) is 1. The highest BCUT2D eigenvalue weighted by molar-refractivity contribution is 8.00. The predicted molar refractivity (Wildman–Crippen MR) is 127 cm³/mol. The molecule has 0 spiro atoms. The number of aromatic nitrogens is 1. The van der Waals surface area contributed by atoms with Crippen LogP contribution in [-0.4, -0.2) is 10.9 Å². The summed E-state index contributed by atoms with van der Waals surface area (Å²) in [6.07, 6.45) is 3.06. The van der Waals surface area contributed by atoms with Crippen LogP contribution in [0.25, 0.3) is 32.8 Å². The lowest BCUT2D eigenvalue weighted by Gasteiger charge is -2.07. The number of aryl methyl sites for hydroxylation is 1. The highest BCUT2D eigenvalue weighted by Crippen LogP contribution is 2.34. The van der Waals surface area contributed by atoms with E-state index in [4.69, 9.17) is 0 Å². The van der Waals surface area contributed by atoms with Crippen LogP contribution in [0.2, 0.25) is 0 Å². The molecule has 5 rings (SSSR count). The largest absolute Gasteiger partial charge is 0.350 e. The van der Waals surface area contributed by atoms with E-state index in [2.05, 4.69) is 83.2 Å². The summed E-state index contributed by atoms with van der Waals surface area (Å²) in [7, 11) is 2.09. The second kappa shape index (κ2) is 7.73. The van der Waals surface area contributed by atoms with E-state index in [0.717, 1.165) is 16.9 Å². The van der Waals surface area contributed by atoms with Crippen molar-refractivity contribution in [3.05, 3.63) is 96.7 Å². The van der Waals surface area contributed by atoms with Gasteiger partial charge in [-0.05, 0) is 64.7 Å². The Morgan fingerprint density at radius 3 is 2.47 bits per heavy atom. The number of hydrogen-bond acceptors (Lipinski definition) is 3. The minimum absolute atomic E-state index is 0.685. The van der Waals surface area contributed by atoms with E-state index in [1.54, 1.807) is 0 Å². The maximum Gasteiger partial charge on any atom is 0.150 e. The topological polar surface area (TPSA) is 34.0 Å². The zero-order valence-electron chi connectivity index (χ0n) is 16.5. The second-order valence-electron chi connectivity index (χ2n) is 7.34. The van der Waals surface area contributed by atoms with Crippen molar-refractivity contribution >= 4 is 45.6 Å². The Kier molecular flexibility index (Phi) is 4.77. The smallest absolute Gasteiger partial charge is 0.150 e. The molecule has 5 aromatic rings. The molecule has 0 aliphatic carbocycles. The number of anilines is 1. The molecule has 0 atom stereocenters. The highest BCUT2D eigenvalue weighted by atomic mass is 32.2. The van der Waals surface area contributed by atoms with Crippen molar-refractivity contribution in [2.45, 2.75) is 4.90 Å². The molecule has 0 unspecified atom stereocenters. The van der Waals surface area contributed by atoms with Crippen molar-refractivity contribution in [2.75, 3.05) is 4.72 Å². The van der Waals surface area contributed by atoms with Crippen molar-refractivity contribution in [1.29, 1.82) is 0 Å². The van der Waals surface area contributed by atoms with Crippen LogP contribution < -0.4 is 4.72 Å². The molecule has 4 aromatic carbocycles. The minimum atomic E-state index is 0.685. The standard InChI is InChI=1S/C26H20N2OS/c1-28-16-25(21-9-8-19-4-2-3-5-20(19)14-21)24-15-22(10-13-26(24)28)27-30-23-11-6-18(17-29)7-12-23/h2-17,27H,1H3. The number of aldehydes is 1. The van der Waals surface area contributed by atoms with Gasteiger partial charge >= 0.3 is 0 Å². The fourth-order valence-electron chi connectivity index (χ4n) is 3.77. The van der Waals surface area contributed by atoms with E-state index < -0.39 is 0 Å². The first-order valence-corrected chi connectivity index (χ1v) is 10.6. The third kappa shape index (κ3) is 3.46. The molecule has 4 heteroatoms. The van der Waals surface area contributed by atoms with Gasteiger partial charge in [0.25, 0.3) is 0 Å². The molecule has 0 radical (unpaired) electrons. The molecule has 30 heavy (non-hydrogen) atoms. The average molecular weight is 409 g/mol. The van der Waals surface area contributed by atoms with Gasteiger partial charge in [0.15, 0.2) is 0 Å². The predicted octanol–water partition coefficient (Wildman–Crippen LogP) is 6.93. The van der Waals surface area contributed by atoms with Crippen LogP contribution >= 0.6 is 11.9 Å². The summed E-state index contributed by atoms with van der Waals surface area (Å²) in [5.74, 6) is 0. The first-order valence-electron chi connectivity index (χ1n) is 9.78. The molecule has 3 nitrogen and oxygen atoms in total. The van der Waals surface area contributed by atoms with E-state index in [9.17, 15) is 4.79 Å². The van der Waals surface area contributed by atoms with Crippen LogP contribution in [-0.2, 0) is 7.05 Å². The molecule has 0 saturated carbocycles. The summed E-state index contributed by atoms with van der Waals surface area (Å²) in [4.78, 5) is 11.9. The Balaban J connectivity index is 1.49. The van der Waals surface area contributed by atoms with Gasteiger partial charge in [0.2, 0.25) is 0 Å². The van der Waals surface area contributed by atoms with Gasteiger partial charge in [0, 0.05) is 45.9 Å². The monoisotopic (exact) mass is 408 g/mol. The molecule has 0 aliphatic rings. The zero-order chi connectivity index (χ0) is 20.5. The van der Waals surface area contributed by atoms with E-state index >= 15 is 0 Å². The Morgan fingerprint density at radius 1 is 0.867 bits per heavy atom. The Hall–Kier alpha value is -3.50. The van der Waals surface area contributed by atoms with Gasteiger partial charge < -0.3 is 9.29 Å². The SMILES string of the molecule is Cn1cc(-c2ccc3ccccc3c2)c2cc(NSc3ccc(C=O)cc3)ccc21. The van der Waals surface area contributed by atoms with Crippen LogP contribution in [0.3, 0.4) is 0 Å². The quantitative estimate of drug-likeness (QED) is 0.253. The summed E-state index contributed by atoms with van der Waals surface area (Å²) < 4.78 is 5.60. The average Bonchev–Trinajstić information content (AvgIpc) is 3.13. The lowest BCUT2D eigenvalue weighted by Crippen LogP contribution is -1.88. The van der Waals surface area contributed by atoms with Gasteiger partial charge in [-0.15, -0.1) is 0 Å². The minimum Gasteiger partial charge on any atom is -0.350 e. The lowest BCUT2D eigenvalue weighted by molar-refractivity contribution is 0.112. The maximum absolute atomic E-state index is 10.8. The van der Waals surface area contributed by atoms with Gasteiger partial charge in [-0.25, -0.2) is 0 Å². The third-order valence-electron chi connectivity index (χ3n) is 5.35. The molecule has 1 N–H and O–H groups in total. The fourth-order valence-corrected chi connectivity index (χ4v) is 4.41. The normalized spacial score (nSPS) is 11.1. The number of benzene rings is 4. The van der Waals surface area contributed by atoms with Crippen molar-refractivity contribution in [3.8, 4) is 11.1 Å². The van der Waals surface area contributed by atoms with Crippen LogP contribution in [0.4, 0.5) is 5.69 Å². The fraction of sp³-hybridized carbons (Fsp3) is 0.0385. The van der Waals surface area contributed by atoms with Crippen molar-refractivity contribution in [2.24, 2.45) is 7.05 Å². The number of nitrogens with zero attached hydrogens (tertiary/aromatic N) is 1. The first-order chi connectivity index (χ1) is 14.7. The molecule has 0 bridgehead atoms. The molecule has 0 amide bonds. The van der Waals surface area contributed by atoms with E-state index in [1.165, 1.54) is 44.8 Å². The number of nitrogens with one attached hydrogen (secondary N) is 1. The molecule has 1 heterocycles. The molecule has 0 fully saturated rings. The second-order valence-corrected chi connectivity index (χ2v) is 8.22. The lowest BCUT2D eigenvalue weighted by atomic mass is 10.0. The van der Waals surface area contributed by atoms with Gasteiger partial charge in [0.05, 0.1) is 0 Å². The Bertz CT molecular complexity index is 1370. The summed E-state index contributed by atoms with van der Waals surface area (Å²) in [5.41, 5.74) is 5.37. The Labute approximate surface area is 179 Å².